The highest BCUT2D eigenvalue weighted by atomic mass is 35.5. The van der Waals surface area contributed by atoms with Crippen molar-refractivity contribution in [3.8, 4) is 0 Å². The number of rotatable bonds is 4. The first-order valence-electron chi connectivity index (χ1n) is 5.79. The molecule has 1 saturated carbocycles. The Hall–Kier alpha value is 0.160. The summed E-state index contributed by atoms with van der Waals surface area (Å²) in [7, 11) is -2.98. The maximum Gasteiger partial charge on any atom is 0.214 e. The number of halogens is 1. The lowest BCUT2D eigenvalue weighted by Gasteiger charge is -2.31. The van der Waals surface area contributed by atoms with E-state index in [2.05, 4.69) is 5.32 Å². The minimum Gasteiger partial charge on any atom is -0.312 e. The average molecular weight is 269 g/mol. The number of piperazine rings is 1. The van der Waals surface area contributed by atoms with Gasteiger partial charge in [0.2, 0.25) is 10.0 Å². The fourth-order valence-corrected chi connectivity index (χ4v) is 3.71. The molecule has 2 aliphatic rings. The van der Waals surface area contributed by atoms with Gasteiger partial charge in [0.15, 0.2) is 0 Å². The highest BCUT2D eigenvalue weighted by Crippen LogP contribution is 2.32. The molecule has 0 radical (unpaired) electrons. The summed E-state index contributed by atoms with van der Waals surface area (Å²) in [4.78, 5) is 0. The third-order valence-electron chi connectivity index (χ3n) is 3.21. The number of hydrogen-bond donors (Lipinski definition) is 1. The van der Waals surface area contributed by atoms with Crippen molar-refractivity contribution >= 4 is 22.4 Å². The van der Waals surface area contributed by atoms with Gasteiger partial charge >= 0.3 is 0 Å². The molecule has 0 bridgehead atoms. The van der Waals surface area contributed by atoms with Gasteiger partial charge in [-0.15, -0.1) is 12.4 Å². The van der Waals surface area contributed by atoms with Crippen LogP contribution in [-0.4, -0.2) is 44.2 Å². The van der Waals surface area contributed by atoms with Crippen molar-refractivity contribution in [3.63, 3.8) is 0 Å². The van der Waals surface area contributed by atoms with E-state index in [4.69, 9.17) is 0 Å². The topological polar surface area (TPSA) is 49.4 Å². The Labute approximate surface area is 104 Å². The first-order valence-corrected chi connectivity index (χ1v) is 7.40. The van der Waals surface area contributed by atoms with Gasteiger partial charge in [0, 0.05) is 25.7 Å². The van der Waals surface area contributed by atoms with Crippen LogP contribution in [0.2, 0.25) is 0 Å². The zero-order chi connectivity index (χ0) is 10.9. The maximum atomic E-state index is 12.0. The van der Waals surface area contributed by atoms with Gasteiger partial charge in [0.1, 0.15) is 0 Å². The van der Waals surface area contributed by atoms with E-state index in [1.165, 1.54) is 12.8 Å². The summed E-state index contributed by atoms with van der Waals surface area (Å²) in [6.45, 7) is 4.08. The fraction of sp³-hybridized carbons (Fsp3) is 1.00. The molecule has 1 aliphatic heterocycles. The molecule has 1 atom stereocenters. The lowest BCUT2D eigenvalue weighted by molar-refractivity contribution is 0.310. The number of hydrogen-bond acceptors (Lipinski definition) is 3. The van der Waals surface area contributed by atoms with Crippen LogP contribution in [0, 0.1) is 5.92 Å². The van der Waals surface area contributed by atoms with E-state index >= 15 is 0 Å². The Kier molecular flexibility index (Phi) is 5.04. The molecule has 0 aromatic heterocycles. The van der Waals surface area contributed by atoms with Crippen LogP contribution >= 0.6 is 12.4 Å². The molecule has 2 fully saturated rings. The summed E-state index contributed by atoms with van der Waals surface area (Å²) in [6, 6.07) is 0.287. The Balaban J connectivity index is 0.00000128. The summed E-state index contributed by atoms with van der Waals surface area (Å²) in [5.41, 5.74) is 0. The number of nitrogens with zero attached hydrogens (tertiary/aromatic N) is 1. The molecule has 0 aromatic rings. The van der Waals surface area contributed by atoms with Crippen molar-refractivity contribution < 1.29 is 8.42 Å². The van der Waals surface area contributed by atoms with Crippen molar-refractivity contribution in [3.05, 3.63) is 0 Å². The van der Waals surface area contributed by atoms with E-state index in [1.54, 1.807) is 4.31 Å². The van der Waals surface area contributed by atoms with Crippen molar-refractivity contribution in [2.45, 2.75) is 32.2 Å². The maximum absolute atomic E-state index is 12.0. The molecule has 1 heterocycles. The molecule has 16 heavy (non-hydrogen) atoms. The average Bonchev–Trinajstić information content (AvgIpc) is 2.98. The lowest BCUT2D eigenvalue weighted by Crippen LogP contribution is -2.51. The molecule has 2 rings (SSSR count). The van der Waals surface area contributed by atoms with Crippen molar-refractivity contribution in [2.24, 2.45) is 5.92 Å². The molecule has 6 heteroatoms. The zero-order valence-electron chi connectivity index (χ0n) is 9.68. The van der Waals surface area contributed by atoms with Gasteiger partial charge < -0.3 is 5.32 Å². The predicted octanol–water partition coefficient (Wildman–Crippen LogP) is 0.832. The zero-order valence-corrected chi connectivity index (χ0v) is 11.3. The van der Waals surface area contributed by atoms with Crippen molar-refractivity contribution in [2.75, 3.05) is 25.4 Å². The molecule has 1 aliphatic carbocycles. The number of sulfonamides is 1. The van der Waals surface area contributed by atoms with E-state index in [0.717, 1.165) is 13.0 Å². The van der Waals surface area contributed by atoms with Crippen LogP contribution in [0.5, 0.6) is 0 Å². The van der Waals surface area contributed by atoms with Crippen LogP contribution in [0.25, 0.3) is 0 Å². The molecule has 0 spiro atoms. The molecule has 0 amide bonds. The number of nitrogens with one attached hydrogen (secondary N) is 1. The first kappa shape index (κ1) is 14.2. The minimum atomic E-state index is -2.98. The van der Waals surface area contributed by atoms with Crippen molar-refractivity contribution in [1.82, 2.24) is 9.62 Å². The van der Waals surface area contributed by atoms with Crippen molar-refractivity contribution in [1.29, 1.82) is 0 Å². The SMILES string of the molecule is C[C@H]1CN(S(=O)(=O)CCC2CC2)CCN1.Cl. The Morgan fingerprint density at radius 1 is 1.38 bits per heavy atom. The highest BCUT2D eigenvalue weighted by Gasteiger charge is 2.29. The molecule has 4 nitrogen and oxygen atoms in total. The van der Waals surface area contributed by atoms with Gasteiger partial charge in [0.05, 0.1) is 5.75 Å². The van der Waals surface area contributed by atoms with Gasteiger partial charge in [-0.05, 0) is 19.3 Å². The second-order valence-electron chi connectivity index (χ2n) is 4.76. The van der Waals surface area contributed by atoms with E-state index in [9.17, 15) is 8.42 Å². The molecule has 1 saturated heterocycles. The van der Waals surface area contributed by atoms with E-state index in [-0.39, 0.29) is 18.4 Å². The Bertz CT molecular complexity index is 317. The second-order valence-corrected chi connectivity index (χ2v) is 6.85. The van der Waals surface area contributed by atoms with Gasteiger partial charge in [-0.1, -0.05) is 12.8 Å². The summed E-state index contributed by atoms with van der Waals surface area (Å²) >= 11 is 0. The summed E-state index contributed by atoms with van der Waals surface area (Å²) in [6.07, 6.45) is 3.32. The quantitative estimate of drug-likeness (QED) is 0.822. The van der Waals surface area contributed by atoms with E-state index < -0.39 is 10.0 Å². The van der Waals surface area contributed by atoms with Crippen LogP contribution in [0.1, 0.15) is 26.2 Å². The minimum absolute atomic E-state index is 0. The highest BCUT2D eigenvalue weighted by molar-refractivity contribution is 7.89. The van der Waals surface area contributed by atoms with Crippen LogP contribution < -0.4 is 5.32 Å². The molecule has 0 aromatic carbocycles. The van der Waals surface area contributed by atoms with Crippen LogP contribution in [0.4, 0.5) is 0 Å². The molecular weight excluding hydrogens is 248 g/mol. The van der Waals surface area contributed by atoms with Gasteiger partial charge in [0.25, 0.3) is 0 Å². The normalized spacial score (nSPS) is 27.4. The van der Waals surface area contributed by atoms with E-state index in [0.29, 0.717) is 24.8 Å². The van der Waals surface area contributed by atoms with Crippen LogP contribution in [0.3, 0.4) is 0 Å². The standard InChI is InChI=1S/C10H20N2O2S.ClH/c1-9-8-12(6-5-11-9)15(13,14)7-4-10-2-3-10;/h9-11H,2-8H2,1H3;1H/t9-;/m0./s1. The smallest absolute Gasteiger partial charge is 0.214 e. The third kappa shape index (κ3) is 3.87. The summed E-state index contributed by atoms with van der Waals surface area (Å²) in [5.74, 6) is 1.05. The van der Waals surface area contributed by atoms with Gasteiger partial charge in [-0.25, -0.2) is 8.42 Å². The second kappa shape index (κ2) is 5.67. The van der Waals surface area contributed by atoms with Gasteiger partial charge in [-0.2, -0.15) is 4.31 Å². The predicted molar refractivity (Wildman–Crippen MR) is 67.4 cm³/mol. The Morgan fingerprint density at radius 2 is 2.06 bits per heavy atom. The molecule has 1 N–H and O–H groups in total. The van der Waals surface area contributed by atoms with Crippen LogP contribution in [-0.2, 0) is 10.0 Å². The lowest BCUT2D eigenvalue weighted by atomic mass is 10.3. The van der Waals surface area contributed by atoms with Crippen LogP contribution in [0.15, 0.2) is 0 Å². The molecule has 96 valence electrons. The summed E-state index contributed by atoms with van der Waals surface area (Å²) in [5, 5.41) is 3.26. The monoisotopic (exact) mass is 268 g/mol. The van der Waals surface area contributed by atoms with E-state index in [1.807, 2.05) is 6.92 Å². The largest absolute Gasteiger partial charge is 0.312 e. The Morgan fingerprint density at radius 3 is 2.62 bits per heavy atom. The molecule has 0 unspecified atom stereocenters. The molecular formula is C10H21ClN2O2S. The first-order chi connectivity index (χ1) is 7.08. The third-order valence-corrected chi connectivity index (χ3v) is 5.08. The summed E-state index contributed by atoms with van der Waals surface area (Å²) < 4.78 is 25.6. The fourth-order valence-electron chi connectivity index (χ4n) is 2.00. The van der Waals surface area contributed by atoms with Gasteiger partial charge in [-0.3, -0.25) is 0 Å².